The van der Waals surface area contributed by atoms with E-state index >= 15 is 0 Å². The third-order valence-electron chi connectivity index (χ3n) is 1.10. The second kappa shape index (κ2) is 2.55. The molecule has 1 saturated carbocycles. The van der Waals surface area contributed by atoms with Crippen LogP contribution in [0.3, 0.4) is 0 Å². The summed E-state index contributed by atoms with van der Waals surface area (Å²) in [5.74, 6) is 7.18. The minimum Gasteiger partial charge on any atom is -0.262 e. The van der Waals surface area contributed by atoms with Crippen molar-refractivity contribution in [2.45, 2.75) is 12.8 Å². The lowest BCUT2D eigenvalue weighted by molar-refractivity contribution is 0.985. The van der Waals surface area contributed by atoms with Crippen molar-refractivity contribution in [1.29, 1.82) is 0 Å². The molecule has 3 N–H and O–H groups in total. The van der Waals surface area contributed by atoms with E-state index in [9.17, 15) is 0 Å². The third kappa shape index (κ3) is 2.16. The molecule has 0 amide bonds. The maximum atomic E-state index is 5.02. The Balaban J connectivity index is 1.80. The van der Waals surface area contributed by atoms with Gasteiger partial charge in [-0.05, 0) is 18.8 Å². The molecular formula is C4H10N2S. The first-order valence-electron chi connectivity index (χ1n) is 2.51. The van der Waals surface area contributed by atoms with Crippen LogP contribution in [0.2, 0.25) is 0 Å². The first-order chi connectivity index (χ1) is 3.43. The van der Waals surface area contributed by atoms with Crippen LogP contribution in [0.1, 0.15) is 12.8 Å². The van der Waals surface area contributed by atoms with Gasteiger partial charge in [-0.15, -0.1) is 0 Å². The standard InChI is InChI=1S/C4H10N2S/c5-6-7-3-4-1-2-4/h4,6H,1-3,5H2. The zero-order chi connectivity index (χ0) is 5.11. The average Bonchev–Trinajstić information content (AvgIpc) is 2.42. The Morgan fingerprint density at radius 2 is 2.43 bits per heavy atom. The van der Waals surface area contributed by atoms with E-state index in [4.69, 9.17) is 5.84 Å². The minimum absolute atomic E-state index is 0.973. The summed E-state index contributed by atoms with van der Waals surface area (Å²) in [5.41, 5.74) is 0. The molecule has 0 radical (unpaired) electrons. The molecule has 0 spiro atoms. The first-order valence-corrected chi connectivity index (χ1v) is 3.49. The summed E-state index contributed by atoms with van der Waals surface area (Å²) < 4.78 is 0. The number of hydrogen-bond acceptors (Lipinski definition) is 3. The number of rotatable bonds is 3. The van der Waals surface area contributed by atoms with Gasteiger partial charge in [-0.2, -0.15) is 0 Å². The molecule has 42 valence electrons. The third-order valence-corrected chi connectivity index (χ3v) is 1.90. The maximum absolute atomic E-state index is 5.02. The summed E-state index contributed by atoms with van der Waals surface area (Å²) in [6, 6.07) is 0. The van der Waals surface area contributed by atoms with Gasteiger partial charge in [-0.3, -0.25) is 5.84 Å². The summed E-state index contributed by atoms with van der Waals surface area (Å²) >= 11 is 1.61. The summed E-state index contributed by atoms with van der Waals surface area (Å²) in [6.07, 6.45) is 2.82. The van der Waals surface area contributed by atoms with E-state index in [2.05, 4.69) is 4.83 Å². The van der Waals surface area contributed by atoms with Crippen LogP contribution in [0, 0.1) is 5.92 Å². The smallest absolute Gasteiger partial charge is 0.0119 e. The molecule has 1 fully saturated rings. The Bertz CT molecular complexity index is 53.7. The molecule has 0 bridgehead atoms. The summed E-state index contributed by atoms with van der Waals surface area (Å²) in [4.78, 5) is 2.56. The highest BCUT2D eigenvalue weighted by Gasteiger charge is 2.20. The fourth-order valence-electron chi connectivity index (χ4n) is 0.450. The molecule has 2 nitrogen and oxygen atoms in total. The van der Waals surface area contributed by atoms with Crippen LogP contribution in [-0.4, -0.2) is 5.75 Å². The van der Waals surface area contributed by atoms with Crippen LogP contribution in [0.4, 0.5) is 0 Å². The van der Waals surface area contributed by atoms with Crippen LogP contribution in [-0.2, 0) is 0 Å². The molecule has 0 heterocycles. The lowest BCUT2D eigenvalue weighted by Gasteiger charge is -1.91. The molecule has 1 rings (SSSR count). The van der Waals surface area contributed by atoms with Crippen molar-refractivity contribution in [3.8, 4) is 0 Å². The molecule has 0 aromatic rings. The number of nitrogens with one attached hydrogen (secondary N) is 1. The molecule has 3 heteroatoms. The van der Waals surface area contributed by atoms with Gasteiger partial charge >= 0.3 is 0 Å². The fourth-order valence-corrected chi connectivity index (χ4v) is 1.12. The Labute approximate surface area is 47.9 Å². The van der Waals surface area contributed by atoms with Crippen LogP contribution in [0.25, 0.3) is 0 Å². The van der Waals surface area contributed by atoms with Crippen molar-refractivity contribution >= 4 is 11.9 Å². The Morgan fingerprint density at radius 3 is 2.86 bits per heavy atom. The van der Waals surface area contributed by atoms with E-state index in [1.807, 2.05) is 0 Å². The van der Waals surface area contributed by atoms with Gasteiger partial charge in [0.05, 0.1) is 0 Å². The van der Waals surface area contributed by atoms with E-state index in [0.717, 1.165) is 5.92 Å². The molecule has 1 aliphatic rings. The summed E-state index contributed by atoms with van der Waals surface area (Å²) in [5, 5.41) is 0. The van der Waals surface area contributed by atoms with Gasteiger partial charge < -0.3 is 0 Å². The van der Waals surface area contributed by atoms with Gasteiger partial charge in [0.25, 0.3) is 0 Å². The molecule has 0 atom stereocenters. The van der Waals surface area contributed by atoms with Crippen molar-refractivity contribution in [2.75, 3.05) is 5.75 Å². The zero-order valence-electron chi connectivity index (χ0n) is 4.18. The van der Waals surface area contributed by atoms with E-state index in [0.29, 0.717) is 0 Å². The van der Waals surface area contributed by atoms with Crippen molar-refractivity contribution in [1.82, 2.24) is 4.83 Å². The quantitative estimate of drug-likeness (QED) is 0.322. The molecule has 7 heavy (non-hydrogen) atoms. The molecule has 0 aromatic carbocycles. The van der Waals surface area contributed by atoms with Crippen molar-refractivity contribution in [3.05, 3.63) is 0 Å². The average molecular weight is 118 g/mol. The molecule has 0 aromatic heterocycles. The topological polar surface area (TPSA) is 38.0 Å². The highest BCUT2D eigenvalue weighted by molar-refractivity contribution is 7.97. The Kier molecular flexibility index (Phi) is 1.97. The van der Waals surface area contributed by atoms with Gasteiger partial charge in [-0.1, -0.05) is 11.9 Å². The maximum Gasteiger partial charge on any atom is 0.0119 e. The van der Waals surface area contributed by atoms with E-state index in [1.165, 1.54) is 18.6 Å². The normalized spacial score (nSPS) is 20.1. The SMILES string of the molecule is NNSCC1CC1. The van der Waals surface area contributed by atoms with Gasteiger partial charge in [0, 0.05) is 5.75 Å². The zero-order valence-corrected chi connectivity index (χ0v) is 5.00. The highest BCUT2D eigenvalue weighted by Crippen LogP contribution is 2.31. The van der Waals surface area contributed by atoms with Gasteiger partial charge in [-0.25, -0.2) is 4.83 Å². The van der Waals surface area contributed by atoms with Crippen LogP contribution in [0.5, 0.6) is 0 Å². The van der Waals surface area contributed by atoms with Gasteiger partial charge in [0.1, 0.15) is 0 Å². The minimum atomic E-state index is 0.973. The van der Waals surface area contributed by atoms with Gasteiger partial charge in [0.2, 0.25) is 0 Å². The lowest BCUT2D eigenvalue weighted by Crippen LogP contribution is -2.12. The number of nitrogens with two attached hydrogens (primary N) is 1. The van der Waals surface area contributed by atoms with Crippen molar-refractivity contribution in [2.24, 2.45) is 11.8 Å². The van der Waals surface area contributed by atoms with Crippen LogP contribution >= 0.6 is 11.9 Å². The fraction of sp³-hybridized carbons (Fsp3) is 1.00. The molecule has 0 unspecified atom stereocenters. The second-order valence-electron chi connectivity index (χ2n) is 1.87. The predicted octanol–water partition coefficient (Wildman–Crippen LogP) is 0.508. The molecule has 0 saturated heterocycles. The summed E-state index contributed by atoms with van der Waals surface area (Å²) in [7, 11) is 0. The molecule has 0 aliphatic heterocycles. The predicted molar refractivity (Wildman–Crippen MR) is 32.5 cm³/mol. The van der Waals surface area contributed by atoms with Crippen molar-refractivity contribution in [3.63, 3.8) is 0 Å². The first kappa shape index (κ1) is 5.41. The van der Waals surface area contributed by atoms with E-state index in [1.54, 1.807) is 11.9 Å². The molecular weight excluding hydrogens is 108 g/mol. The number of hydrogen-bond donors (Lipinski definition) is 2. The molecule has 1 aliphatic carbocycles. The Hall–Kier alpha value is 0.270. The van der Waals surface area contributed by atoms with E-state index in [-0.39, 0.29) is 0 Å². The largest absolute Gasteiger partial charge is 0.262 e. The van der Waals surface area contributed by atoms with Crippen LogP contribution < -0.4 is 10.7 Å². The highest BCUT2D eigenvalue weighted by atomic mass is 32.2. The Morgan fingerprint density at radius 1 is 1.71 bits per heavy atom. The summed E-state index contributed by atoms with van der Waals surface area (Å²) in [6.45, 7) is 0. The van der Waals surface area contributed by atoms with Crippen LogP contribution in [0.15, 0.2) is 0 Å². The lowest BCUT2D eigenvalue weighted by atomic mass is 10.5. The van der Waals surface area contributed by atoms with Crippen molar-refractivity contribution < 1.29 is 0 Å². The van der Waals surface area contributed by atoms with Gasteiger partial charge in [0.15, 0.2) is 0 Å². The monoisotopic (exact) mass is 118 g/mol. The van der Waals surface area contributed by atoms with E-state index < -0.39 is 0 Å². The second-order valence-corrected chi connectivity index (χ2v) is 2.73. The number of hydrazine groups is 1.